The van der Waals surface area contributed by atoms with Crippen molar-refractivity contribution in [2.75, 3.05) is 17.7 Å². The minimum Gasteiger partial charge on any atom is -0.497 e. The fraction of sp³-hybridized carbons (Fsp3) is 0.294. The summed E-state index contributed by atoms with van der Waals surface area (Å²) < 4.78 is 6.35. The highest BCUT2D eigenvalue weighted by atomic mass is 16.5. The third-order valence-corrected chi connectivity index (χ3v) is 3.73. The number of nitrogens with one attached hydrogen (secondary N) is 3. The number of amides is 2. The second-order valence-electron chi connectivity index (χ2n) is 5.74. The van der Waals surface area contributed by atoms with E-state index in [1.54, 1.807) is 38.3 Å². The molecular formula is C17H20N6O3. The number of aromatic amines is 1. The number of aryl methyl sites for hydroxylation is 2. The van der Waals surface area contributed by atoms with Gasteiger partial charge in [-0.15, -0.1) is 0 Å². The van der Waals surface area contributed by atoms with Crippen LogP contribution in [0.2, 0.25) is 0 Å². The van der Waals surface area contributed by atoms with Crippen molar-refractivity contribution in [2.45, 2.75) is 26.7 Å². The zero-order valence-electron chi connectivity index (χ0n) is 14.8. The molecule has 3 aromatic rings. The fourth-order valence-corrected chi connectivity index (χ4v) is 2.59. The van der Waals surface area contributed by atoms with Crippen LogP contribution in [0.5, 0.6) is 5.75 Å². The average Bonchev–Trinajstić information content (AvgIpc) is 2.99. The van der Waals surface area contributed by atoms with Crippen LogP contribution in [0.1, 0.15) is 24.9 Å². The third kappa shape index (κ3) is 3.51. The van der Waals surface area contributed by atoms with Gasteiger partial charge in [-0.05, 0) is 25.5 Å². The van der Waals surface area contributed by atoms with Crippen molar-refractivity contribution < 1.29 is 9.53 Å². The van der Waals surface area contributed by atoms with Crippen molar-refractivity contribution in [1.82, 2.24) is 19.6 Å². The number of anilines is 2. The highest BCUT2D eigenvalue weighted by Crippen LogP contribution is 2.17. The number of hydrogen-bond donors (Lipinski definition) is 3. The molecule has 1 aromatic carbocycles. The standard InChI is InChI=1S/C17H20N6O3/c1-4-6-13-14(15(24)23-16(20-13)18-10(2)22-23)21-17(25)19-11-7-5-8-12(9-11)26-3/h5,7-9H,4,6H2,1-3H3,(H,18,20,22)(H2,19,21,25). The minimum atomic E-state index is -0.536. The second kappa shape index (κ2) is 7.26. The Balaban J connectivity index is 1.91. The minimum absolute atomic E-state index is 0.133. The molecule has 0 fully saturated rings. The average molecular weight is 356 g/mol. The molecule has 0 spiro atoms. The molecule has 0 atom stereocenters. The smallest absolute Gasteiger partial charge is 0.323 e. The molecule has 0 bridgehead atoms. The first-order chi connectivity index (χ1) is 12.5. The van der Waals surface area contributed by atoms with Crippen LogP contribution in [-0.2, 0) is 6.42 Å². The first-order valence-corrected chi connectivity index (χ1v) is 8.22. The summed E-state index contributed by atoms with van der Waals surface area (Å²) in [6.45, 7) is 3.70. The Hall–Kier alpha value is -3.36. The summed E-state index contributed by atoms with van der Waals surface area (Å²) >= 11 is 0. The lowest BCUT2D eigenvalue weighted by Crippen LogP contribution is -2.28. The Labute approximate surface area is 149 Å². The van der Waals surface area contributed by atoms with E-state index in [0.717, 1.165) is 6.42 Å². The van der Waals surface area contributed by atoms with Crippen molar-refractivity contribution in [3.63, 3.8) is 0 Å². The van der Waals surface area contributed by atoms with Crippen molar-refractivity contribution >= 4 is 23.2 Å². The molecule has 2 amide bonds. The molecule has 2 heterocycles. The van der Waals surface area contributed by atoms with Crippen molar-refractivity contribution in [3.8, 4) is 5.75 Å². The largest absolute Gasteiger partial charge is 0.497 e. The predicted octanol–water partition coefficient (Wildman–Crippen LogP) is 2.33. The van der Waals surface area contributed by atoms with Gasteiger partial charge in [0.15, 0.2) is 0 Å². The molecule has 26 heavy (non-hydrogen) atoms. The van der Waals surface area contributed by atoms with Gasteiger partial charge in [0.25, 0.3) is 11.3 Å². The van der Waals surface area contributed by atoms with Crippen LogP contribution in [0, 0.1) is 6.92 Å². The first-order valence-electron chi connectivity index (χ1n) is 8.22. The van der Waals surface area contributed by atoms with Gasteiger partial charge in [0.2, 0.25) is 0 Å². The van der Waals surface area contributed by atoms with E-state index in [0.29, 0.717) is 29.4 Å². The topological polar surface area (TPSA) is 113 Å². The number of fused-ring (bicyclic) bond motifs is 1. The van der Waals surface area contributed by atoms with Crippen LogP contribution >= 0.6 is 0 Å². The van der Waals surface area contributed by atoms with Crippen molar-refractivity contribution in [2.24, 2.45) is 0 Å². The number of benzene rings is 1. The number of urea groups is 1. The maximum Gasteiger partial charge on any atom is 0.323 e. The van der Waals surface area contributed by atoms with Gasteiger partial charge in [0, 0.05) is 11.8 Å². The molecule has 136 valence electrons. The van der Waals surface area contributed by atoms with Gasteiger partial charge in [0.1, 0.15) is 17.3 Å². The van der Waals surface area contributed by atoms with Crippen LogP contribution < -0.4 is 20.9 Å². The van der Waals surface area contributed by atoms with E-state index in [4.69, 9.17) is 4.74 Å². The first kappa shape index (κ1) is 17.5. The van der Waals surface area contributed by atoms with Gasteiger partial charge in [0.05, 0.1) is 12.8 Å². The Morgan fingerprint density at radius 1 is 1.31 bits per heavy atom. The monoisotopic (exact) mass is 356 g/mol. The van der Waals surface area contributed by atoms with Crippen molar-refractivity contribution in [3.05, 3.63) is 46.1 Å². The molecular weight excluding hydrogens is 336 g/mol. The summed E-state index contributed by atoms with van der Waals surface area (Å²) in [6.07, 6.45) is 1.32. The lowest BCUT2D eigenvalue weighted by molar-refractivity contribution is 0.262. The molecule has 9 heteroatoms. The summed E-state index contributed by atoms with van der Waals surface area (Å²) in [5.74, 6) is 1.47. The predicted molar refractivity (Wildman–Crippen MR) is 98.0 cm³/mol. The molecule has 0 radical (unpaired) electrons. The molecule has 0 saturated heterocycles. The Morgan fingerprint density at radius 2 is 2.12 bits per heavy atom. The highest BCUT2D eigenvalue weighted by molar-refractivity contribution is 6.00. The molecule has 0 aliphatic rings. The maximum atomic E-state index is 12.7. The summed E-state index contributed by atoms with van der Waals surface area (Å²) in [7, 11) is 1.55. The maximum absolute atomic E-state index is 12.7. The van der Waals surface area contributed by atoms with E-state index >= 15 is 0 Å². The number of carbonyl (C=O) groups excluding carboxylic acids is 1. The zero-order chi connectivity index (χ0) is 18.7. The number of rotatable bonds is 5. The van der Waals surface area contributed by atoms with Crippen LogP contribution in [0.15, 0.2) is 29.1 Å². The number of methoxy groups -OCH3 is 1. The second-order valence-corrected chi connectivity index (χ2v) is 5.74. The van der Waals surface area contributed by atoms with Crippen LogP contribution in [0.25, 0.3) is 5.78 Å². The van der Waals surface area contributed by atoms with Crippen LogP contribution in [0.4, 0.5) is 16.2 Å². The molecule has 0 aliphatic carbocycles. The molecule has 9 nitrogen and oxygen atoms in total. The molecule has 0 unspecified atom stereocenters. The lowest BCUT2D eigenvalue weighted by atomic mass is 10.2. The molecule has 3 rings (SSSR count). The van der Waals surface area contributed by atoms with Crippen LogP contribution in [-0.4, -0.2) is 32.7 Å². The number of carbonyl (C=O) groups is 1. The van der Waals surface area contributed by atoms with Gasteiger partial charge in [-0.3, -0.25) is 9.89 Å². The van der Waals surface area contributed by atoms with E-state index in [-0.39, 0.29) is 11.5 Å². The highest BCUT2D eigenvalue weighted by Gasteiger charge is 2.17. The summed E-state index contributed by atoms with van der Waals surface area (Å²) in [6, 6.07) is 6.39. The fourth-order valence-electron chi connectivity index (χ4n) is 2.59. The Bertz CT molecular complexity index is 1010. The van der Waals surface area contributed by atoms with Gasteiger partial charge in [-0.2, -0.15) is 9.50 Å². The van der Waals surface area contributed by atoms with E-state index in [1.807, 2.05) is 6.92 Å². The van der Waals surface area contributed by atoms with Gasteiger partial charge >= 0.3 is 6.03 Å². The number of nitrogens with zero attached hydrogens (tertiary/aromatic N) is 3. The quantitative estimate of drug-likeness (QED) is 0.649. The van der Waals surface area contributed by atoms with Gasteiger partial charge in [-0.1, -0.05) is 19.4 Å². The summed E-state index contributed by atoms with van der Waals surface area (Å²) in [5.41, 5.74) is 0.781. The SMILES string of the molecule is CCCc1nc2nc(C)[nH]n2c(=O)c1NC(=O)Nc1cccc(OC)c1. The van der Waals surface area contributed by atoms with E-state index in [2.05, 4.69) is 25.7 Å². The number of aromatic nitrogens is 4. The van der Waals surface area contributed by atoms with E-state index in [1.165, 1.54) is 4.52 Å². The summed E-state index contributed by atoms with van der Waals surface area (Å²) in [5, 5.41) is 8.12. The molecule has 0 saturated carbocycles. The van der Waals surface area contributed by atoms with Crippen molar-refractivity contribution in [1.29, 1.82) is 0 Å². The van der Waals surface area contributed by atoms with E-state index < -0.39 is 11.6 Å². The number of hydrogen-bond acceptors (Lipinski definition) is 5. The normalized spacial score (nSPS) is 10.7. The molecule has 3 N–H and O–H groups in total. The molecule has 2 aromatic heterocycles. The van der Waals surface area contributed by atoms with E-state index in [9.17, 15) is 9.59 Å². The summed E-state index contributed by atoms with van der Waals surface area (Å²) in [4.78, 5) is 33.7. The lowest BCUT2D eigenvalue weighted by Gasteiger charge is -2.11. The zero-order valence-corrected chi connectivity index (χ0v) is 14.8. The third-order valence-electron chi connectivity index (χ3n) is 3.73. The Kier molecular flexibility index (Phi) is 4.87. The molecule has 0 aliphatic heterocycles. The van der Waals surface area contributed by atoms with Gasteiger partial charge < -0.3 is 15.4 Å². The number of H-pyrrole nitrogens is 1. The number of ether oxygens (including phenoxy) is 1. The Morgan fingerprint density at radius 3 is 2.85 bits per heavy atom. The van der Waals surface area contributed by atoms with Gasteiger partial charge in [-0.25, -0.2) is 9.78 Å². The van der Waals surface area contributed by atoms with Crippen LogP contribution in [0.3, 0.4) is 0 Å².